The molecule has 1 aliphatic carbocycles. The van der Waals surface area contributed by atoms with E-state index in [0.29, 0.717) is 57.6 Å². The number of fused-ring (bicyclic) bond motifs is 2. The van der Waals surface area contributed by atoms with Gasteiger partial charge in [0.25, 0.3) is 12.1 Å². The molecule has 2 saturated heterocycles. The van der Waals surface area contributed by atoms with Crippen molar-refractivity contribution < 1.29 is 59.3 Å². The molecule has 2 N–H and O–H groups in total. The SMILES string of the molecule is Cc1cc2c(-c3ccc(S(=O)(=O)[O-])cc3C(=O)N3CCC(C(=O)O)CC3)c3cc(C)/c(=[N+]4/CCC4OOOS)cc-3oc2cc1NCCCS(=O)(=O)[O-]. The number of hydrogen-bond donors (Lipinski definition) is 3. The zero-order valence-corrected chi connectivity index (χ0v) is 31.1. The molecule has 2 aromatic carbocycles. The second-order valence-electron chi connectivity index (χ2n) is 13.1. The number of hydrogen-bond acceptors (Lipinski definition) is 14. The van der Waals surface area contributed by atoms with Crippen LogP contribution < -0.4 is 15.2 Å². The number of carboxylic acids is 1. The third-order valence-corrected chi connectivity index (χ3v) is 11.3. The van der Waals surface area contributed by atoms with Crippen LogP contribution in [0.5, 0.6) is 0 Å². The molecule has 284 valence electrons. The number of aryl methyl sites for hydroxylation is 2. The van der Waals surface area contributed by atoms with E-state index in [1.807, 2.05) is 23.6 Å². The maximum absolute atomic E-state index is 14.3. The number of nitrogens with zero attached hydrogens (tertiary/aromatic N) is 2. The Balaban J connectivity index is 1.57. The first kappa shape index (κ1) is 38.6. The third kappa shape index (κ3) is 8.36. The van der Waals surface area contributed by atoms with Crippen molar-refractivity contribution >= 4 is 61.7 Å². The molecule has 6 rings (SSSR count). The number of carbonyl (C=O) groups excluding carboxylic acids is 1. The average Bonchev–Trinajstić information content (AvgIpc) is 3.08. The number of amides is 1. The van der Waals surface area contributed by atoms with Crippen molar-refractivity contribution in [3.63, 3.8) is 0 Å². The Kier molecular flexibility index (Phi) is 11.2. The van der Waals surface area contributed by atoms with Crippen molar-refractivity contribution in [2.75, 3.05) is 37.2 Å². The lowest BCUT2D eigenvalue weighted by Crippen LogP contribution is -2.52. The van der Waals surface area contributed by atoms with E-state index in [9.17, 15) is 40.6 Å². The van der Waals surface area contributed by atoms with Gasteiger partial charge in [0.2, 0.25) is 5.36 Å². The first-order valence-corrected chi connectivity index (χ1v) is 20.0. The Morgan fingerprint density at radius 1 is 1.02 bits per heavy atom. The highest BCUT2D eigenvalue weighted by atomic mass is 32.2. The Morgan fingerprint density at radius 3 is 2.38 bits per heavy atom. The Labute approximate surface area is 310 Å². The van der Waals surface area contributed by atoms with Gasteiger partial charge in [0.15, 0.2) is 6.54 Å². The van der Waals surface area contributed by atoms with Crippen molar-refractivity contribution in [3.05, 3.63) is 64.5 Å². The van der Waals surface area contributed by atoms with Gasteiger partial charge >= 0.3 is 5.97 Å². The molecule has 53 heavy (non-hydrogen) atoms. The lowest BCUT2D eigenvalue weighted by molar-refractivity contribution is -0.488. The zero-order chi connectivity index (χ0) is 38.2. The van der Waals surface area contributed by atoms with Gasteiger partial charge in [-0.05, 0) is 73.5 Å². The van der Waals surface area contributed by atoms with Crippen LogP contribution in [-0.4, -0.2) is 86.0 Å². The number of carboxylic acid groups (broad SMARTS) is 1. The molecule has 2 aromatic rings. The maximum Gasteiger partial charge on any atom is 0.306 e. The number of benzene rings is 3. The van der Waals surface area contributed by atoms with Crippen molar-refractivity contribution in [1.29, 1.82) is 0 Å². The van der Waals surface area contributed by atoms with Crippen LogP contribution in [0.3, 0.4) is 0 Å². The van der Waals surface area contributed by atoms with Gasteiger partial charge in [-0.3, -0.25) is 9.59 Å². The van der Waals surface area contributed by atoms with Gasteiger partial charge in [-0.2, -0.15) is 4.58 Å². The zero-order valence-electron chi connectivity index (χ0n) is 28.6. The van der Waals surface area contributed by atoms with Crippen LogP contribution >= 0.6 is 12.9 Å². The second kappa shape index (κ2) is 15.3. The first-order chi connectivity index (χ1) is 25.1. The molecule has 3 aliphatic heterocycles. The minimum Gasteiger partial charge on any atom is -0.748 e. The summed E-state index contributed by atoms with van der Waals surface area (Å²) in [5.74, 6) is -2.33. The highest BCUT2D eigenvalue weighted by Crippen LogP contribution is 2.44. The molecule has 1 atom stereocenters. The largest absolute Gasteiger partial charge is 0.748 e. The molecule has 3 heterocycles. The summed E-state index contributed by atoms with van der Waals surface area (Å²) in [5, 5.41) is 18.5. The predicted octanol–water partition coefficient (Wildman–Crippen LogP) is 3.24. The smallest absolute Gasteiger partial charge is 0.306 e. The summed E-state index contributed by atoms with van der Waals surface area (Å²) in [6, 6.07) is 10.8. The van der Waals surface area contributed by atoms with E-state index in [-0.39, 0.29) is 44.5 Å². The molecule has 4 aliphatic rings. The number of aliphatic carboxylic acids is 1. The quantitative estimate of drug-likeness (QED) is 0.0274. The normalized spacial score (nSPS) is 18.0. The maximum atomic E-state index is 14.3. The fourth-order valence-corrected chi connectivity index (χ4v) is 7.86. The summed E-state index contributed by atoms with van der Waals surface area (Å²) < 4.78 is 82.9. The number of carbonyl (C=O) groups is 2. The second-order valence-corrected chi connectivity index (χ2v) is 16.1. The number of piperidine rings is 1. The highest BCUT2D eigenvalue weighted by molar-refractivity contribution is 7.86. The standard InChI is InChI=1S/C34H37N3O13S3/c1-19-14-25-29(17-27(19)35-9-3-13-52(41,42)43)47-30-18-28(37-12-8-31(37)48-49-50-51)20(2)15-26(30)32(25)23-5-4-22(53(44,45)46)16-24(23)33(38)36-10-6-21(7-11-36)34(39)40/h4-5,14-18,21,31H,3,6-13H2,1-2H3,(H4,39,40,41,42,43,44,45,46,51)/p-1. The van der Waals surface area contributed by atoms with E-state index in [4.69, 9.17) is 9.30 Å². The molecular weight excluding hydrogens is 755 g/mol. The average molecular weight is 791 g/mol. The highest BCUT2D eigenvalue weighted by Gasteiger charge is 2.37. The van der Waals surface area contributed by atoms with Crippen molar-refractivity contribution in [1.82, 2.24) is 9.48 Å². The van der Waals surface area contributed by atoms with E-state index in [0.717, 1.165) is 23.1 Å². The minimum absolute atomic E-state index is 0.0648. The molecule has 2 fully saturated rings. The van der Waals surface area contributed by atoms with Crippen LogP contribution in [0.1, 0.15) is 47.2 Å². The Morgan fingerprint density at radius 2 is 1.75 bits per heavy atom. The number of likely N-dealkylation sites (tertiary alicyclic amines) is 1. The molecule has 0 aromatic heterocycles. The van der Waals surface area contributed by atoms with Gasteiger partial charge in [-0.15, -0.1) is 9.22 Å². The first-order valence-electron chi connectivity index (χ1n) is 16.6. The van der Waals surface area contributed by atoms with Crippen LogP contribution in [0, 0.1) is 19.8 Å². The topological polar surface area (TPSA) is 228 Å². The fourth-order valence-electron chi connectivity index (χ4n) is 6.83. The summed E-state index contributed by atoms with van der Waals surface area (Å²) in [6.45, 7) is 4.69. The summed E-state index contributed by atoms with van der Waals surface area (Å²) in [5.41, 5.74) is 3.74. The predicted molar refractivity (Wildman–Crippen MR) is 190 cm³/mol. The Hall–Kier alpha value is -4.08. The number of thiol groups is 1. The molecule has 0 bridgehead atoms. The lowest BCUT2D eigenvalue weighted by Gasteiger charge is -2.31. The molecule has 0 saturated carbocycles. The molecular formula is C34H36N3O13S3-. The van der Waals surface area contributed by atoms with E-state index in [1.165, 1.54) is 11.0 Å². The van der Waals surface area contributed by atoms with E-state index in [2.05, 4.69) is 27.6 Å². The summed E-state index contributed by atoms with van der Waals surface area (Å²) in [6.07, 6.45) is 0.607. The van der Waals surface area contributed by atoms with Gasteiger partial charge < -0.3 is 28.8 Å². The fraction of sp³-hybridized carbons (Fsp3) is 0.382. The van der Waals surface area contributed by atoms with Gasteiger partial charge in [0.1, 0.15) is 21.5 Å². The van der Waals surface area contributed by atoms with Crippen molar-refractivity contribution in [2.24, 2.45) is 5.92 Å². The number of rotatable bonds is 12. The van der Waals surface area contributed by atoms with Crippen LogP contribution in [0.2, 0.25) is 0 Å². The van der Waals surface area contributed by atoms with Crippen molar-refractivity contribution in [3.8, 4) is 22.5 Å². The molecule has 0 spiro atoms. The molecule has 1 unspecified atom stereocenters. The monoisotopic (exact) mass is 790 g/mol. The van der Waals surface area contributed by atoms with Gasteiger partial charge in [-0.25, -0.2) is 16.8 Å². The molecule has 0 radical (unpaired) electrons. The Bertz CT molecular complexity index is 2350. The van der Waals surface area contributed by atoms with E-state index in [1.54, 1.807) is 19.1 Å². The third-order valence-electron chi connectivity index (χ3n) is 9.64. The molecule has 19 heteroatoms. The summed E-state index contributed by atoms with van der Waals surface area (Å²) in [4.78, 5) is 32.0. The lowest BCUT2D eigenvalue weighted by atomic mass is 9.88. The van der Waals surface area contributed by atoms with Gasteiger partial charge in [0, 0.05) is 77.7 Å². The van der Waals surface area contributed by atoms with Crippen LogP contribution in [0.25, 0.3) is 33.4 Å². The van der Waals surface area contributed by atoms with Crippen LogP contribution in [0.15, 0.2) is 51.8 Å². The minimum atomic E-state index is -4.98. The molecule has 1 amide bonds. The summed E-state index contributed by atoms with van der Waals surface area (Å²) in [7, 11) is -9.38. The van der Waals surface area contributed by atoms with Gasteiger partial charge in [-0.1, -0.05) is 6.07 Å². The molecule has 16 nitrogen and oxygen atoms in total. The van der Waals surface area contributed by atoms with Crippen LogP contribution in [-0.2, 0) is 39.3 Å². The van der Waals surface area contributed by atoms with E-state index >= 15 is 0 Å². The van der Waals surface area contributed by atoms with E-state index < -0.39 is 54.9 Å². The van der Waals surface area contributed by atoms with Crippen LogP contribution in [0.4, 0.5) is 5.69 Å². The number of nitrogens with one attached hydrogen (secondary N) is 1. The summed E-state index contributed by atoms with van der Waals surface area (Å²) >= 11 is 3.54. The van der Waals surface area contributed by atoms with Crippen molar-refractivity contribution in [2.45, 2.75) is 50.7 Å². The number of anilines is 1. The van der Waals surface area contributed by atoms with Gasteiger partial charge in [0.05, 0.1) is 33.4 Å².